The number of sulfonamides is 1. The third-order valence-corrected chi connectivity index (χ3v) is 8.17. The summed E-state index contributed by atoms with van der Waals surface area (Å²) in [5, 5.41) is 3.30. The van der Waals surface area contributed by atoms with Crippen LogP contribution in [0.25, 0.3) is 0 Å². The molecule has 4 rings (SSSR count). The highest BCUT2D eigenvalue weighted by atomic mass is 35.5. The van der Waals surface area contributed by atoms with Gasteiger partial charge in [-0.1, -0.05) is 54.1 Å². The first kappa shape index (κ1) is 28.2. The first-order chi connectivity index (χ1) is 18.6. The van der Waals surface area contributed by atoms with Gasteiger partial charge in [0.15, 0.2) is 0 Å². The number of anilines is 1. The summed E-state index contributed by atoms with van der Waals surface area (Å²) in [7, 11) is -3.88. The highest BCUT2D eigenvalue weighted by molar-refractivity contribution is 7.92. The Balaban J connectivity index is 1.46. The van der Waals surface area contributed by atoms with Crippen LogP contribution in [0.15, 0.2) is 95.9 Å². The Labute approximate surface area is 235 Å². The second-order valence-electron chi connectivity index (χ2n) is 9.38. The Kier molecular flexibility index (Phi) is 8.94. The maximum atomic E-state index is 13.7. The second kappa shape index (κ2) is 12.4. The molecule has 0 radical (unpaired) electrons. The maximum Gasteiger partial charge on any atom is 0.264 e. The third-order valence-electron chi connectivity index (χ3n) is 6.16. The number of benzene rings is 4. The summed E-state index contributed by atoms with van der Waals surface area (Å²) in [5.41, 5.74) is 4.71. The summed E-state index contributed by atoms with van der Waals surface area (Å²) >= 11 is 6.24. The van der Waals surface area contributed by atoms with Gasteiger partial charge in [-0.05, 0) is 91.6 Å². The fourth-order valence-corrected chi connectivity index (χ4v) is 5.95. The monoisotopic (exact) mass is 562 g/mol. The van der Waals surface area contributed by atoms with E-state index < -0.39 is 10.0 Å². The van der Waals surface area contributed by atoms with Crippen molar-refractivity contribution in [1.82, 2.24) is 5.32 Å². The van der Waals surface area contributed by atoms with Crippen molar-refractivity contribution in [2.75, 3.05) is 17.5 Å². The van der Waals surface area contributed by atoms with E-state index in [9.17, 15) is 13.2 Å². The Morgan fingerprint density at radius 3 is 2.21 bits per heavy atom. The molecule has 8 heteroatoms. The lowest BCUT2D eigenvalue weighted by atomic mass is 10.1. The van der Waals surface area contributed by atoms with Gasteiger partial charge in [0.05, 0.1) is 23.7 Å². The van der Waals surface area contributed by atoms with Crippen molar-refractivity contribution >= 4 is 33.2 Å². The first-order valence-electron chi connectivity index (χ1n) is 12.6. The van der Waals surface area contributed by atoms with E-state index in [0.717, 1.165) is 28.0 Å². The zero-order chi connectivity index (χ0) is 28.0. The smallest absolute Gasteiger partial charge is 0.264 e. The van der Waals surface area contributed by atoms with Gasteiger partial charge in [0, 0.05) is 10.6 Å². The predicted molar refractivity (Wildman–Crippen MR) is 156 cm³/mol. The Hall–Kier alpha value is -3.81. The molecule has 4 aromatic carbocycles. The predicted octanol–water partition coefficient (Wildman–Crippen LogP) is 6.47. The topological polar surface area (TPSA) is 75.7 Å². The average molecular weight is 563 g/mol. The van der Waals surface area contributed by atoms with Crippen LogP contribution >= 0.6 is 11.6 Å². The molecular weight excluding hydrogens is 532 g/mol. The van der Waals surface area contributed by atoms with E-state index in [4.69, 9.17) is 16.3 Å². The summed E-state index contributed by atoms with van der Waals surface area (Å²) < 4.78 is 34.4. The number of amides is 1. The van der Waals surface area contributed by atoms with Crippen LogP contribution in [0.2, 0.25) is 5.02 Å². The largest absolute Gasteiger partial charge is 0.492 e. The van der Waals surface area contributed by atoms with Gasteiger partial charge in [0.25, 0.3) is 15.9 Å². The van der Waals surface area contributed by atoms with E-state index in [-0.39, 0.29) is 17.3 Å². The molecule has 0 bridgehead atoms. The molecule has 1 N–H and O–H groups in total. The molecule has 0 heterocycles. The van der Waals surface area contributed by atoms with Gasteiger partial charge in [-0.2, -0.15) is 0 Å². The number of carbonyl (C=O) groups excluding carboxylic acids is 1. The van der Waals surface area contributed by atoms with Crippen LogP contribution in [0.5, 0.6) is 5.75 Å². The molecule has 0 spiro atoms. The number of hydrogen-bond donors (Lipinski definition) is 1. The fourth-order valence-electron chi connectivity index (χ4n) is 4.25. The van der Waals surface area contributed by atoms with Crippen LogP contribution in [0, 0.1) is 20.8 Å². The summed E-state index contributed by atoms with van der Waals surface area (Å²) in [6.45, 7) is 6.64. The Morgan fingerprint density at radius 1 is 0.872 bits per heavy atom. The van der Waals surface area contributed by atoms with Crippen molar-refractivity contribution in [2.45, 2.75) is 32.2 Å². The molecular formula is C31H31ClN2O4S. The van der Waals surface area contributed by atoms with E-state index in [1.54, 1.807) is 72.8 Å². The number of aryl methyl sites for hydroxylation is 3. The van der Waals surface area contributed by atoms with Gasteiger partial charge in [-0.15, -0.1) is 0 Å². The van der Waals surface area contributed by atoms with Gasteiger partial charge in [0.1, 0.15) is 12.4 Å². The lowest BCUT2D eigenvalue weighted by Gasteiger charge is -2.26. The zero-order valence-electron chi connectivity index (χ0n) is 22.1. The van der Waals surface area contributed by atoms with E-state index in [1.165, 1.54) is 4.31 Å². The number of ether oxygens (including phenoxy) is 1. The van der Waals surface area contributed by atoms with Crippen molar-refractivity contribution < 1.29 is 17.9 Å². The summed E-state index contributed by atoms with van der Waals surface area (Å²) in [4.78, 5) is 12.8. The van der Waals surface area contributed by atoms with E-state index >= 15 is 0 Å². The normalized spacial score (nSPS) is 11.2. The zero-order valence-corrected chi connectivity index (χ0v) is 23.7. The lowest BCUT2D eigenvalue weighted by molar-refractivity contribution is 0.0947. The molecule has 4 aromatic rings. The average Bonchev–Trinajstić information content (AvgIpc) is 2.91. The number of nitrogens with one attached hydrogen (secondary N) is 1. The molecule has 0 saturated heterocycles. The van der Waals surface area contributed by atoms with Crippen LogP contribution in [-0.4, -0.2) is 27.5 Å². The van der Waals surface area contributed by atoms with Gasteiger partial charge in [-0.25, -0.2) is 8.42 Å². The molecule has 6 nitrogen and oxygen atoms in total. The quantitative estimate of drug-likeness (QED) is 0.225. The van der Waals surface area contributed by atoms with Crippen molar-refractivity contribution in [3.05, 3.63) is 124 Å². The summed E-state index contributed by atoms with van der Waals surface area (Å²) in [6, 6.07) is 26.4. The number of halogens is 1. The lowest BCUT2D eigenvalue weighted by Crippen LogP contribution is -2.31. The fraction of sp³-hybridized carbons (Fsp3) is 0.194. The molecule has 0 aliphatic heterocycles. The standard InChI is InChI=1S/C31H31ClN2O4S/c1-22-17-23(2)19-28(18-22)38-16-15-33-31(35)26-12-10-25(11-13-26)21-34(30-20-27(32)14-9-24(30)3)39(36,37)29-7-5-4-6-8-29/h4-14,17-20H,15-16,21H2,1-3H3,(H,33,35). The van der Waals surface area contributed by atoms with Gasteiger partial charge < -0.3 is 10.1 Å². The Morgan fingerprint density at radius 2 is 1.54 bits per heavy atom. The minimum Gasteiger partial charge on any atom is -0.492 e. The van der Waals surface area contributed by atoms with Gasteiger partial charge >= 0.3 is 0 Å². The number of hydrogen-bond acceptors (Lipinski definition) is 4. The number of nitrogens with zero attached hydrogens (tertiary/aromatic N) is 1. The molecule has 0 saturated carbocycles. The third kappa shape index (κ3) is 7.19. The molecule has 39 heavy (non-hydrogen) atoms. The molecule has 0 aliphatic carbocycles. The number of rotatable bonds is 10. The summed E-state index contributed by atoms with van der Waals surface area (Å²) in [5.74, 6) is 0.543. The van der Waals surface area contributed by atoms with E-state index in [2.05, 4.69) is 11.4 Å². The maximum absolute atomic E-state index is 13.7. The van der Waals surface area contributed by atoms with E-state index in [1.807, 2.05) is 32.9 Å². The van der Waals surface area contributed by atoms with Crippen LogP contribution in [0.4, 0.5) is 5.69 Å². The highest BCUT2D eigenvalue weighted by Crippen LogP contribution is 2.31. The molecule has 0 atom stereocenters. The molecule has 0 aliphatic rings. The summed E-state index contributed by atoms with van der Waals surface area (Å²) in [6.07, 6.45) is 0. The first-order valence-corrected chi connectivity index (χ1v) is 14.4. The minimum atomic E-state index is -3.88. The van der Waals surface area contributed by atoms with Crippen LogP contribution in [-0.2, 0) is 16.6 Å². The molecule has 202 valence electrons. The van der Waals surface area contributed by atoms with E-state index in [0.29, 0.717) is 29.4 Å². The van der Waals surface area contributed by atoms with Crippen LogP contribution in [0.3, 0.4) is 0 Å². The van der Waals surface area contributed by atoms with Crippen molar-refractivity contribution in [3.8, 4) is 5.75 Å². The molecule has 0 aromatic heterocycles. The van der Waals surface area contributed by atoms with Crippen LogP contribution in [0.1, 0.15) is 32.6 Å². The van der Waals surface area contributed by atoms with Crippen LogP contribution < -0.4 is 14.4 Å². The van der Waals surface area contributed by atoms with Gasteiger partial charge in [0.2, 0.25) is 0 Å². The molecule has 0 unspecified atom stereocenters. The van der Waals surface area contributed by atoms with Crippen molar-refractivity contribution in [2.24, 2.45) is 0 Å². The van der Waals surface area contributed by atoms with Crippen molar-refractivity contribution in [3.63, 3.8) is 0 Å². The highest BCUT2D eigenvalue weighted by Gasteiger charge is 2.26. The SMILES string of the molecule is Cc1cc(C)cc(OCCNC(=O)c2ccc(CN(c3cc(Cl)ccc3C)S(=O)(=O)c3ccccc3)cc2)c1. The second-order valence-corrected chi connectivity index (χ2v) is 11.7. The van der Waals surface area contributed by atoms with Crippen molar-refractivity contribution in [1.29, 1.82) is 0 Å². The molecule has 1 amide bonds. The number of carbonyl (C=O) groups is 1. The minimum absolute atomic E-state index is 0.0735. The molecule has 0 fully saturated rings. The Bertz CT molecular complexity index is 1540. The van der Waals surface area contributed by atoms with Gasteiger partial charge in [-0.3, -0.25) is 9.10 Å².